The van der Waals surface area contributed by atoms with Crippen LogP contribution in [0.1, 0.15) is 11.1 Å². The van der Waals surface area contributed by atoms with Crippen LogP contribution in [-0.2, 0) is 6.54 Å². The molecule has 0 unspecified atom stereocenters. The summed E-state index contributed by atoms with van der Waals surface area (Å²) in [5.74, 6) is 5.76. The number of hydrogen-bond acceptors (Lipinski definition) is 3. The second-order valence-electron chi connectivity index (χ2n) is 3.70. The predicted octanol–water partition coefficient (Wildman–Crippen LogP) is 2.96. The highest BCUT2D eigenvalue weighted by Crippen LogP contribution is 2.04. The molecule has 0 spiro atoms. The minimum Gasteiger partial charge on any atom is -0.321 e. The largest absolute Gasteiger partial charge is 0.321 e. The molecule has 0 heterocycles. The summed E-state index contributed by atoms with van der Waals surface area (Å²) in [5.41, 5.74) is 1.96. The van der Waals surface area contributed by atoms with Crippen molar-refractivity contribution in [2.75, 3.05) is 0 Å². The maximum atomic E-state index is 5.32. The smallest absolute Gasteiger partial charge is 0.200 e. The van der Waals surface area contributed by atoms with Gasteiger partial charge in [0, 0.05) is 5.56 Å². The number of rotatable bonds is 3. The van der Waals surface area contributed by atoms with Crippen LogP contribution in [-0.4, -0.2) is 5.84 Å². The van der Waals surface area contributed by atoms with E-state index in [9.17, 15) is 0 Å². The first kappa shape index (κ1) is 12.0. The summed E-state index contributed by atoms with van der Waals surface area (Å²) in [6.07, 6.45) is 0. The Balaban J connectivity index is 2.04. The zero-order valence-corrected chi connectivity index (χ0v) is 9.90. The topological polar surface area (TPSA) is 63.1 Å². The Kier molecular flexibility index (Phi) is 4.19. The van der Waals surface area contributed by atoms with Crippen LogP contribution in [0.15, 0.2) is 76.0 Å². The van der Waals surface area contributed by atoms with E-state index in [1.807, 2.05) is 60.7 Å². The van der Waals surface area contributed by atoms with E-state index in [1.165, 1.54) is 0 Å². The minimum atomic E-state index is 0.437. The number of nitrogens with zero attached hydrogens (tertiary/aromatic N) is 3. The lowest BCUT2D eigenvalue weighted by Gasteiger charge is -1.98. The number of hydrogen-bond donors (Lipinski definition) is 1. The van der Waals surface area contributed by atoms with Crippen LogP contribution in [0.2, 0.25) is 0 Å². The third-order valence-corrected chi connectivity index (χ3v) is 2.42. The van der Waals surface area contributed by atoms with Crippen molar-refractivity contribution >= 4 is 5.84 Å². The number of hydrazone groups is 1. The number of benzene rings is 2. The highest BCUT2D eigenvalue weighted by molar-refractivity contribution is 5.98. The standard InChI is InChI=1S/C14H14N4/c15-17-14(13-9-5-2-6-10-13)18-16-11-12-7-3-1-4-8-12/h1-10H,11,15H2. The monoisotopic (exact) mass is 238 g/mol. The van der Waals surface area contributed by atoms with Crippen molar-refractivity contribution in [3.05, 3.63) is 71.8 Å². The Hall–Kier alpha value is -2.49. The molecule has 90 valence electrons. The van der Waals surface area contributed by atoms with Crippen molar-refractivity contribution in [3.63, 3.8) is 0 Å². The number of amidine groups is 1. The SMILES string of the molecule is NN=C(N=NCc1ccccc1)c1ccccc1. The average molecular weight is 238 g/mol. The van der Waals surface area contributed by atoms with Gasteiger partial charge < -0.3 is 5.84 Å². The number of azo groups is 1. The summed E-state index contributed by atoms with van der Waals surface area (Å²) in [6, 6.07) is 19.5. The fourth-order valence-corrected chi connectivity index (χ4v) is 1.51. The molecule has 0 bridgehead atoms. The molecule has 0 fully saturated rings. The Labute approximate surface area is 106 Å². The second kappa shape index (κ2) is 6.30. The quantitative estimate of drug-likeness (QED) is 0.288. The predicted molar refractivity (Wildman–Crippen MR) is 72.2 cm³/mol. The Morgan fingerprint density at radius 2 is 1.50 bits per heavy atom. The lowest BCUT2D eigenvalue weighted by molar-refractivity contribution is 0.967. The van der Waals surface area contributed by atoms with E-state index in [0.717, 1.165) is 11.1 Å². The first-order chi connectivity index (χ1) is 8.90. The lowest BCUT2D eigenvalue weighted by Crippen LogP contribution is -2.00. The Bertz CT molecular complexity index is 532. The molecule has 0 atom stereocenters. The third-order valence-electron chi connectivity index (χ3n) is 2.42. The molecule has 0 amide bonds. The van der Waals surface area contributed by atoms with Crippen LogP contribution in [0.4, 0.5) is 0 Å². The van der Waals surface area contributed by atoms with Crippen LogP contribution in [0.3, 0.4) is 0 Å². The first-order valence-electron chi connectivity index (χ1n) is 5.65. The van der Waals surface area contributed by atoms with E-state index in [4.69, 9.17) is 5.84 Å². The maximum Gasteiger partial charge on any atom is 0.200 e. The summed E-state index contributed by atoms with van der Waals surface area (Å²) in [7, 11) is 0. The Morgan fingerprint density at radius 1 is 0.889 bits per heavy atom. The summed E-state index contributed by atoms with van der Waals surface area (Å²) in [5, 5.41) is 11.8. The molecular weight excluding hydrogens is 224 g/mol. The van der Waals surface area contributed by atoms with Crippen LogP contribution in [0.5, 0.6) is 0 Å². The van der Waals surface area contributed by atoms with Crippen molar-refractivity contribution in [2.45, 2.75) is 6.54 Å². The molecule has 0 aliphatic carbocycles. The molecule has 0 aliphatic rings. The van der Waals surface area contributed by atoms with Gasteiger partial charge in [-0.2, -0.15) is 10.2 Å². The van der Waals surface area contributed by atoms with Crippen molar-refractivity contribution in [1.82, 2.24) is 0 Å². The molecule has 0 aliphatic heterocycles. The van der Waals surface area contributed by atoms with E-state index in [2.05, 4.69) is 15.3 Å². The molecule has 18 heavy (non-hydrogen) atoms. The maximum absolute atomic E-state index is 5.32. The van der Waals surface area contributed by atoms with E-state index >= 15 is 0 Å². The summed E-state index contributed by atoms with van der Waals surface area (Å²) < 4.78 is 0. The highest BCUT2D eigenvalue weighted by atomic mass is 15.2. The highest BCUT2D eigenvalue weighted by Gasteiger charge is 1.99. The summed E-state index contributed by atoms with van der Waals surface area (Å²) in [6.45, 7) is 0.521. The van der Waals surface area contributed by atoms with Gasteiger partial charge in [0.15, 0.2) is 5.84 Å². The zero-order valence-electron chi connectivity index (χ0n) is 9.90. The molecule has 2 N–H and O–H groups in total. The van der Waals surface area contributed by atoms with Gasteiger partial charge in [-0.05, 0) is 5.56 Å². The van der Waals surface area contributed by atoms with Crippen LogP contribution >= 0.6 is 0 Å². The van der Waals surface area contributed by atoms with Gasteiger partial charge in [-0.25, -0.2) is 0 Å². The van der Waals surface area contributed by atoms with E-state index in [0.29, 0.717) is 12.4 Å². The van der Waals surface area contributed by atoms with Crippen molar-refractivity contribution in [3.8, 4) is 0 Å². The van der Waals surface area contributed by atoms with Crippen molar-refractivity contribution in [2.24, 2.45) is 21.2 Å². The van der Waals surface area contributed by atoms with Crippen LogP contribution in [0.25, 0.3) is 0 Å². The van der Waals surface area contributed by atoms with Gasteiger partial charge in [0.1, 0.15) is 0 Å². The van der Waals surface area contributed by atoms with Gasteiger partial charge in [0.05, 0.1) is 6.54 Å². The van der Waals surface area contributed by atoms with Gasteiger partial charge >= 0.3 is 0 Å². The molecule has 0 saturated heterocycles. The summed E-state index contributed by atoms with van der Waals surface area (Å²) in [4.78, 5) is 0. The van der Waals surface area contributed by atoms with E-state index in [1.54, 1.807) is 0 Å². The van der Waals surface area contributed by atoms with Crippen molar-refractivity contribution < 1.29 is 0 Å². The zero-order chi connectivity index (χ0) is 12.6. The van der Waals surface area contributed by atoms with Gasteiger partial charge in [0.2, 0.25) is 0 Å². The first-order valence-corrected chi connectivity index (χ1v) is 5.65. The van der Waals surface area contributed by atoms with Crippen molar-refractivity contribution in [1.29, 1.82) is 0 Å². The van der Waals surface area contributed by atoms with E-state index in [-0.39, 0.29) is 0 Å². The molecular formula is C14H14N4. The van der Waals surface area contributed by atoms with Crippen LogP contribution in [0, 0.1) is 0 Å². The third kappa shape index (κ3) is 3.25. The van der Waals surface area contributed by atoms with Gasteiger partial charge in [-0.3, -0.25) is 0 Å². The lowest BCUT2D eigenvalue weighted by atomic mass is 10.2. The normalized spacial score (nSPS) is 11.9. The minimum absolute atomic E-state index is 0.437. The molecule has 4 heteroatoms. The molecule has 2 rings (SSSR count). The van der Waals surface area contributed by atoms with Gasteiger partial charge in [-0.15, -0.1) is 5.11 Å². The Morgan fingerprint density at radius 3 is 2.11 bits per heavy atom. The molecule has 2 aromatic carbocycles. The molecule has 4 nitrogen and oxygen atoms in total. The number of nitrogens with two attached hydrogens (primary N) is 1. The van der Waals surface area contributed by atoms with Gasteiger partial charge in [0.25, 0.3) is 0 Å². The second-order valence-corrected chi connectivity index (χ2v) is 3.70. The summed E-state index contributed by atoms with van der Waals surface area (Å²) >= 11 is 0. The average Bonchev–Trinajstić information content (AvgIpc) is 2.46. The molecule has 0 aromatic heterocycles. The van der Waals surface area contributed by atoms with Gasteiger partial charge in [-0.1, -0.05) is 60.7 Å². The molecule has 2 aromatic rings. The molecule has 0 radical (unpaired) electrons. The van der Waals surface area contributed by atoms with Crippen LogP contribution < -0.4 is 5.84 Å². The molecule has 0 saturated carbocycles. The van der Waals surface area contributed by atoms with E-state index < -0.39 is 0 Å². The fraction of sp³-hybridized carbons (Fsp3) is 0.0714. The fourth-order valence-electron chi connectivity index (χ4n) is 1.51.